The maximum absolute atomic E-state index is 13.4. The molecule has 2 aromatic carbocycles. The van der Waals surface area contributed by atoms with E-state index in [0.717, 1.165) is 6.07 Å². The molecule has 1 atom stereocenters. The van der Waals surface area contributed by atoms with Gasteiger partial charge in [0, 0.05) is 16.1 Å². The van der Waals surface area contributed by atoms with Crippen LogP contribution in [0.1, 0.15) is 17.2 Å². The molecule has 0 saturated heterocycles. The summed E-state index contributed by atoms with van der Waals surface area (Å²) < 4.78 is 26.7. The molecule has 1 unspecified atom stereocenters. The zero-order valence-corrected chi connectivity index (χ0v) is 11.3. The number of hydrogen-bond acceptors (Lipinski definition) is 1. The first kappa shape index (κ1) is 13.5. The predicted octanol–water partition coefficient (Wildman–Crippen LogP) is 4.46. The molecule has 0 aliphatic rings. The summed E-state index contributed by atoms with van der Waals surface area (Å²) in [5.41, 5.74) is 0.491. The van der Waals surface area contributed by atoms with Crippen LogP contribution in [0.2, 0.25) is 5.02 Å². The second kappa shape index (κ2) is 5.34. The molecule has 0 saturated carbocycles. The van der Waals surface area contributed by atoms with Crippen LogP contribution in [-0.4, -0.2) is 5.11 Å². The van der Waals surface area contributed by atoms with E-state index in [9.17, 15) is 13.9 Å². The van der Waals surface area contributed by atoms with Gasteiger partial charge in [0.05, 0.1) is 4.47 Å². The van der Waals surface area contributed by atoms with Crippen molar-refractivity contribution >= 4 is 27.5 Å². The van der Waals surface area contributed by atoms with Crippen molar-refractivity contribution in [2.75, 3.05) is 0 Å². The molecule has 5 heteroatoms. The molecule has 2 aromatic rings. The minimum atomic E-state index is -1.20. The van der Waals surface area contributed by atoms with Gasteiger partial charge < -0.3 is 5.11 Å². The summed E-state index contributed by atoms with van der Waals surface area (Å²) in [6, 6.07) is 7.94. The highest BCUT2D eigenvalue weighted by Gasteiger charge is 2.18. The van der Waals surface area contributed by atoms with Crippen molar-refractivity contribution < 1.29 is 13.9 Å². The predicted molar refractivity (Wildman–Crippen MR) is 69.6 cm³/mol. The van der Waals surface area contributed by atoms with Crippen LogP contribution in [0, 0.1) is 11.6 Å². The van der Waals surface area contributed by atoms with Gasteiger partial charge in [-0.1, -0.05) is 23.7 Å². The monoisotopic (exact) mass is 332 g/mol. The van der Waals surface area contributed by atoms with Gasteiger partial charge in [-0.25, -0.2) is 8.78 Å². The van der Waals surface area contributed by atoms with E-state index in [1.165, 1.54) is 24.3 Å². The molecule has 1 N–H and O–H groups in total. The van der Waals surface area contributed by atoms with Crippen LogP contribution in [0.5, 0.6) is 0 Å². The van der Waals surface area contributed by atoms with Gasteiger partial charge in [-0.2, -0.15) is 0 Å². The topological polar surface area (TPSA) is 20.2 Å². The fourth-order valence-corrected chi connectivity index (χ4v) is 2.33. The lowest BCUT2D eigenvalue weighted by atomic mass is 10.0. The highest BCUT2D eigenvalue weighted by atomic mass is 79.9. The fraction of sp³-hybridized carbons (Fsp3) is 0.0769. The molecule has 18 heavy (non-hydrogen) atoms. The SMILES string of the molecule is OC(c1cc(F)ccc1Cl)c1cccc(F)c1Br. The van der Waals surface area contributed by atoms with E-state index in [2.05, 4.69) is 15.9 Å². The average Bonchev–Trinajstić information content (AvgIpc) is 2.35. The highest BCUT2D eigenvalue weighted by molar-refractivity contribution is 9.10. The van der Waals surface area contributed by atoms with E-state index in [4.69, 9.17) is 11.6 Å². The van der Waals surface area contributed by atoms with Gasteiger partial charge in [-0.3, -0.25) is 0 Å². The molecule has 0 bridgehead atoms. The lowest BCUT2D eigenvalue weighted by Gasteiger charge is -2.15. The summed E-state index contributed by atoms with van der Waals surface area (Å²) in [6.07, 6.45) is -1.20. The van der Waals surface area contributed by atoms with Crippen molar-refractivity contribution in [1.29, 1.82) is 0 Å². The fourth-order valence-electron chi connectivity index (χ4n) is 1.62. The molecule has 0 radical (unpaired) electrons. The molecule has 0 aliphatic heterocycles. The molecule has 0 fully saturated rings. The molecule has 0 heterocycles. The molecule has 0 aromatic heterocycles. The Balaban J connectivity index is 2.51. The van der Waals surface area contributed by atoms with Crippen molar-refractivity contribution in [3.63, 3.8) is 0 Å². The van der Waals surface area contributed by atoms with Gasteiger partial charge >= 0.3 is 0 Å². The summed E-state index contributed by atoms with van der Waals surface area (Å²) in [6.45, 7) is 0. The molecule has 0 spiro atoms. The second-order valence-electron chi connectivity index (χ2n) is 3.71. The van der Waals surface area contributed by atoms with E-state index < -0.39 is 17.7 Å². The van der Waals surface area contributed by atoms with Crippen molar-refractivity contribution in [2.24, 2.45) is 0 Å². The van der Waals surface area contributed by atoms with Gasteiger partial charge in [0.2, 0.25) is 0 Å². The van der Waals surface area contributed by atoms with Crippen LogP contribution >= 0.6 is 27.5 Å². The third kappa shape index (κ3) is 2.55. The summed E-state index contributed by atoms with van der Waals surface area (Å²) in [4.78, 5) is 0. The maximum atomic E-state index is 13.4. The summed E-state index contributed by atoms with van der Waals surface area (Å²) >= 11 is 8.95. The second-order valence-corrected chi connectivity index (χ2v) is 4.91. The Labute approximate surface area is 116 Å². The zero-order valence-electron chi connectivity index (χ0n) is 9.00. The Hall–Kier alpha value is -0.970. The third-order valence-corrected chi connectivity index (χ3v) is 3.71. The first-order valence-corrected chi connectivity index (χ1v) is 6.24. The minimum Gasteiger partial charge on any atom is -0.384 e. The summed E-state index contributed by atoms with van der Waals surface area (Å²) in [7, 11) is 0. The summed E-state index contributed by atoms with van der Waals surface area (Å²) in [5, 5.41) is 10.4. The van der Waals surface area contributed by atoms with Crippen LogP contribution in [0.15, 0.2) is 40.9 Å². The Morgan fingerprint density at radius 3 is 2.56 bits per heavy atom. The number of benzene rings is 2. The molecule has 0 amide bonds. The smallest absolute Gasteiger partial charge is 0.137 e. The number of aliphatic hydroxyl groups excluding tert-OH is 1. The van der Waals surface area contributed by atoms with Crippen LogP contribution in [0.25, 0.3) is 0 Å². The van der Waals surface area contributed by atoms with Crippen molar-refractivity contribution in [2.45, 2.75) is 6.10 Å². The molecule has 1 nitrogen and oxygen atoms in total. The third-order valence-electron chi connectivity index (χ3n) is 2.53. The minimum absolute atomic E-state index is 0.137. The Morgan fingerprint density at radius 2 is 1.83 bits per heavy atom. The van der Waals surface area contributed by atoms with Crippen LogP contribution in [-0.2, 0) is 0 Å². The van der Waals surface area contributed by atoms with E-state index >= 15 is 0 Å². The molecule has 0 aliphatic carbocycles. The normalized spacial score (nSPS) is 12.5. The zero-order chi connectivity index (χ0) is 13.3. The van der Waals surface area contributed by atoms with Crippen LogP contribution in [0.4, 0.5) is 8.78 Å². The Morgan fingerprint density at radius 1 is 1.11 bits per heavy atom. The Kier molecular flexibility index (Phi) is 4.00. The number of rotatable bonds is 2. The quantitative estimate of drug-likeness (QED) is 0.860. The molecular weight excluding hydrogens is 325 g/mol. The maximum Gasteiger partial charge on any atom is 0.137 e. The van der Waals surface area contributed by atoms with E-state index in [1.807, 2.05) is 0 Å². The molecule has 94 valence electrons. The van der Waals surface area contributed by atoms with E-state index in [-0.39, 0.29) is 15.1 Å². The first-order chi connectivity index (χ1) is 8.50. The number of aliphatic hydroxyl groups is 1. The van der Waals surface area contributed by atoms with Gasteiger partial charge in [-0.15, -0.1) is 0 Å². The lowest BCUT2D eigenvalue weighted by molar-refractivity contribution is 0.218. The highest BCUT2D eigenvalue weighted by Crippen LogP contribution is 2.33. The van der Waals surface area contributed by atoms with Crippen LogP contribution < -0.4 is 0 Å². The van der Waals surface area contributed by atoms with E-state index in [0.29, 0.717) is 5.56 Å². The number of halogens is 4. The molecule has 2 rings (SSSR count). The van der Waals surface area contributed by atoms with Gasteiger partial charge in [-0.05, 0) is 40.2 Å². The first-order valence-electron chi connectivity index (χ1n) is 5.07. The van der Waals surface area contributed by atoms with Gasteiger partial charge in [0.15, 0.2) is 0 Å². The summed E-state index contributed by atoms with van der Waals surface area (Å²) in [5.74, 6) is -1.01. The van der Waals surface area contributed by atoms with Crippen LogP contribution in [0.3, 0.4) is 0 Å². The standard InChI is InChI=1S/C13H8BrClF2O/c14-12-8(2-1-3-11(12)17)13(18)9-6-7(16)4-5-10(9)15/h1-6,13,18H. The molecular formula is C13H8BrClF2O. The lowest BCUT2D eigenvalue weighted by Crippen LogP contribution is -2.03. The van der Waals surface area contributed by atoms with Gasteiger partial charge in [0.25, 0.3) is 0 Å². The largest absolute Gasteiger partial charge is 0.384 e. The van der Waals surface area contributed by atoms with E-state index in [1.54, 1.807) is 6.07 Å². The average molecular weight is 334 g/mol. The van der Waals surface area contributed by atoms with Gasteiger partial charge in [0.1, 0.15) is 17.7 Å². The van der Waals surface area contributed by atoms with Crippen molar-refractivity contribution in [3.05, 3.63) is 68.7 Å². The number of hydrogen-bond donors (Lipinski definition) is 1. The van der Waals surface area contributed by atoms with Crippen molar-refractivity contribution in [1.82, 2.24) is 0 Å². The Bertz CT molecular complexity index is 587. The van der Waals surface area contributed by atoms with Crippen molar-refractivity contribution in [3.8, 4) is 0 Å².